The molecule has 0 amide bonds. The highest BCUT2D eigenvalue weighted by Gasteiger charge is 2.12. The van der Waals surface area contributed by atoms with Crippen molar-refractivity contribution in [3.63, 3.8) is 0 Å². The summed E-state index contributed by atoms with van der Waals surface area (Å²) in [5, 5.41) is 12.3. The third kappa shape index (κ3) is 5.09. The summed E-state index contributed by atoms with van der Waals surface area (Å²) < 4.78 is 6.55. The highest BCUT2D eigenvalue weighted by molar-refractivity contribution is 9.10. The second kappa shape index (κ2) is 6.90. The number of hydrogen-bond acceptors (Lipinski definition) is 4. The van der Waals surface area contributed by atoms with E-state index in [4.69, 9.17) is 16.0 Å². The first-order valence-corrected chi connectivity index (χ1v) is 8.05. The average molecular weight is 373 g/mol. The number of nitrogens with zero attached hydrogens (tertiary/aromatic N) is 2. The third-order valence-corrected chi connectivity index (χ3v) is 3.74. The number of benzene rings is 1. The van der Waals surface area contributed by atoms with Crippen LogP contribution < -0.4 is 5.32 Å². The molecule has 0 saturated heterocycles. The minimum absolute atomic E-state index is 0.133. The van der Waals surface area contributed by atoms with Gasteiger partial charge in [0, 0.05) is 21.5 Å². The Kier molecular flexibility index (Phi) is 5.41. The van der Waals surface area contributed by atoms with E-state index in [0.29, 0.717) is 16.8 Å². The van der Waals surface area contributed by atoms with Crippen LogP contribution in [0.5, 0.6) is 0 Å². The van der Waals surface area contributed by atoms with Gasteiger partial charge in [0.2, 0.25) is 11.8 Å². The van der Waals surface area contributed by atoms with Crippen molar-refractivity contribution in [2.45, 2.75) is 39.2 Å². The fourth-order valence-corrected chi connectivity index (χ4v) is 2.68. The SMILES string of the molecule is CC(C)(C)NCCCc1nnc(-c2ccc(Cl)cc2Br)o1. The number of nitrogens with one attached hydrogen (secondary N) is 1. The van der Waals surface area contributed by atoms with Crippen LogP contribution in [-0.4, -0.2) is 22.3 Å². The van der Waals surface area contributed by atoms with Gasteiger partial charge in [0.05, 0.1) is 5.56 Å². The molecule has 0 radical (unpaired) electrons. The quantitative estimate of drug-likeness (QED) is 0.787. The van der Waals surface area contributed by atoms with Crippen LogP contribution in [0.15, 0.2) is 27.1 Å². The first-order chi connectivity index (χ1) is 9.85. The van der Waals surface area contributed by atoms with E-state index in [0.717, 1.165) is 29.4 Å². The van der Waals surface area contributed by atoms with Crippen LogP contribution in [0.25, 0.3) is 11.5 Å². The van der Waals surface area contributed by atoms with Gasteiger partial charge in [0.1, 0.15) is 0 Å². The summed E-state index contributed by atoms with van der Waals surface area (Å²) in [6.45, 7) is 7.37. The van der Waals surface area contributed by atoms with Crippen molar-refractivity contribution in [2.24, 2.45) is 0 Å². The molecule has 2 rings (SSSR count). The standard InChI is InChI=1S/C15H19BrClN3O/c1-15(2,3)18-8-4-5-13-19-20-14(21-13)11-7-6-10(17)9-12(11)16/h6-7,9,18H,4-5,8H2,1-3H3. The van der Waals surface area contributed by atoms with Crippen molar-refractivity contribution < 1.29 is 4.42 Å². The van der Waals surface area contributed by atoms with E-state index in [1.165, 1.54) is 0 Å². The molecule has 0 saturated carbocycles. The number of halogens is 2. The van der Waals surface area contributed by atoms with Gasteiger partial charge in [-0.1, -0.05) is 11.6 Å². The molecule has 21 heavy (non-hydrogen) atoms. The molecular formula is C15H19BrClN3O. The van der Waals surface area contributed by atoms with Gasteiger partial charge in [-0.15, -0.1) is 10.2 Å². The molecule has 1 aromatic carbocycles. The van der Waals surface area contributed by atoms with E-state index in [-0.39, 0.29) is 5.54 Å². The molecule has 2 aromatic rings. The molecule has 114 valence electrons. The largest absolute Gasteiger partial charge is 0.421 e. The van der Waals surface area contributed by atoms with Crippen LogP contribution >= 0.6 is 27.5 Å². The van der Waals surface area contributed by atoms with Gasteiger partial charge >= 0.3 is 0 Å². The lowest BCUT2D eigenvalue weighted by Crippen LogP contribution is -2.36. The van der Waals surface area contributed by atoms with E-state index in [1.54, 1.807) is 6.07 Å². The fraction of sp³-hybridized carbons (Fsp3) is 0.467. The smallest absolute Gasteiger partial charge is 0.248 e. The van der Waals surface area contributed by atoms with Gasteiger partial charge in [-0.3, -0.25) is 0 Å². The third-order valence-electron chi connectivity index (χ3n) is 2.85. The zero-order valence-electron chi connectivity index (χ0n) is 12.4. The predicted octanol–water partition coefficient (Wildman–Crippen LogP) is 4.47. The predicted molar refractivity (Wildman–Crippen MR) is 88.5 cm³/mol. The van der Waals surface area contributed by atoms with Crippen LogP contribution in [0.3, 0.4) is 0 Å². The summed E-state index contributed by atoms with van der Waals surface area (Å²) in [5.41, 5.74) is 0.986. The molecule has 0 atom stereocenters. The second-order valence-corrected chi connectivity index (χ2v) is 7.20. The van der Waals surface area contributed by atoms with E-state index in [2.05, 4.69) is 52.2 Å². The average Bonchev–Trinajstić information content (AvgIpc) is 2.82. The summed E-state index contributed by atoms with van der Waals surface area (Å²) in [6.07, 6.45) is 1.72. The number of aromatic nitrogens is 2. The molecular weight excluding hydrogens is 354 g/mol. The lowest BCUT2D eigenvalue weighted by atomic mass is 10.1. The lowest BCUT2D eigenvalue weighted by Gasteiger charge is -2.19. The van der Waals surface area contributed by atoms with E-state index in [9.17, 15) is 0 Å². The van der Waals surface area contributed by atoms with Crippen molar-refractivity contribution >= 4 is 27.5 Å². The molecule has 0 aliphatic heterocycles. The van der Waals surface area contributed by atoms with Gasteiger partial charge in [-0.05, 0) is 67.9 Å². The van der Waals surface area contributed by atoms with Crippen molar-refractivity contribution in [1.82, 2.24) is 15.5 Å². The Morgan fingerprint density at radius 2 is 2.05 bits per heavy atom. The zero-order valence-corrected chi connectivity index (χ0v) is 14.8. The fourth-order valence-electron chi connectivity index (χ4n) is 1.83. The number of aryl methyl sites for hydroxylation is 1. The molecule has 4 nitrogen and oxygen atoms in total. The normalized spacial score (nSPS) is 11.9. The van der Waals surface area contributed by atoms with E-state index >= 15 is 0 Å². The Hall–Kier alpha value is -0.910. The van der Waals surface area contributed by atoms with Gasteiger partial charge < -0.3 is 9.73 Å². The van der Waals surface area contributed by atoms with Crippen LogP contribution in [-0.2, 0) is 6.42 Å². The van der Waals surface area contributed by atoms with E-state index in [1.807, 2.05) is 12.1 Å². The molecule has 1 aromatic heterocycles. The Bertz CT molecular complexity index is 607. The van der Waals surface area contributed by atoms with Crippen LogP contribution in [0.2, 0.25) is 5.02 Å². The molecule has 0 aliphatic carbocycles. The highest BCUT2D eigenvalue weighted by Crippen LogP contribution is 2.29. The summed E-state index contributed by atoms with van der Waals surface area (Å²) in [5.74, 6) is 1.17. The van der Waals surface area contributed by atoms with Crippen molar-refractivity contribution in [3.05, 3.63) is 33.6 Å². The maximum atomic E-state index is 5.93. The van der Waals surface area contributed by atoms with Gasteiger partial charge in [0.25, 0.3) is 0 Å². The van der Waals surface area contributed by atoms with Gasteiger partial charge in [0.15, 0.2) is 0 Å². The highest BCUT2D eigenvalue weighted by atomic mass is 79.9. The second-order valence-electron chi connectivity index (χ2n) is 5.91. The van der Waals surface area contributed by atoms with Crippen molar-refractivity contribution in [2.75, 3.05) is 6.54 Å². The molecule has 1 N–H and O–H groups in total. The minimum atomic E-state index is 0.133. The monoisotopic (exact) mass is 371 g/mol. The van der Waals surface area contributed by atoms with Crippen LogP contribution in [0, 0.1) is 0 Å². The maximum absolute atomic E-state index is 5.93. The van der Waals surface area contributed by atoms with Crippen LogP contribution in [0.4, 0.5) is 0 Å². The molecule has 0 bridgehead atoms. The molecule has 0 spiro atoms. The van der Waals surface area contributed by atoms with Crippen molar-refractivity contribution in [3.8, 4) is 11.5 Å². The van der Waals surface area contributed by atoms with Gasteiger partial charge in [-0.25, -0.2) is 0 Å². The Morgan fingerprint density at radius 1 is 1.29 bits per heavy atom. The summed E-state index contributed by atoms with van der Waals surface area (Å²) >= 11 is 9.38. The Labute approximate surface area is 138 Å². The molecule has 6 heteroatoms. The summed E-state index contributed by atoms with van der Waals surface area (Å²) in [7, 11) is 0. The van der Waals surface area contributed by atoms with Crippen LogP contribution in [0.1, 0.15) is 33.1 Å². The Balaban J connectivity index is 1.95. The molecule has 0 fully saturated rings. The lowest BCUT2D eigenvalue weighted by molar-refractivity contribution is 0.412. The van der Waals surface area contributed by atoms with E-state index < -0.39 is 0 Å². The Morgan fingerprint density at radius 3 is 2.71 bits per heavy atom. The number of hydrogen-bond donors (Lipinski definition) is 1. The topological polar surface area (TPSA) is 51.0 Å². The summed E-state index contributed by atoms with van der Waals surface area (Å²) in [6, 6.07) is 5.48. The first kappa shape index (κ1) is 16.5. The minimum Gasteiger partial charge on any atom is -0.421 e. The zero-order chi connectivity index (χ0) is 15.5. The molecule has 1 heterocycles. The summed E-state index contributed by atoms with van der Waals surface area (Å²) in [4.78, 5) is 0. The number of rotatable bonds is 5. The van der Waals surface area contributed by atoms with Gasteiger partial charge in [-0.2, -0.15) is 0 Å². The molecule has 0 aliphatic rings. The maximum Gasteiger partial charge on any atom is 0.248 e. The van der Waals surface area contributed by atoms with Crippen molar-refractivity contribution in [1.29, 1.82) is 0 Å². The molecule has 0 unspecified atom stereocenters. The first-order valence-electron chi connectivity index (χ1n) is 6.88.